The van der Waals surface area contributed by atoms with E-state index < -0.39 is 0 Å². The molecule has 0 saturated heterocycles. The summed E-state index contributed by atoms with van der Waals surface area (Å²) in [5, 5.41) is 5.46. The van der Waals surface area contributed by atoms with Gasteiger partial charge in [-0.25, -0.2) is 0 Å². The van der Waals surface area contributed by atoms with E-state index in [1.54, 1.807) is 0 Å². The average molecular weight is 249 g/mol. The molecule has 1 unspecified atom stereocenters. The van der Waals surface area contributed by atoms with Gasteiger partial charge in [0.05, 0.1) is 0 Å². The molecule has 1 aromatic heterocycles. The molecular weight excluding hydrogens is 232 g/mol. The van der Waals surface area contributed by atoms with Gasteiger partial charge in [-0.05, 0) is 31.0 Å². The Bertz CT molecular complexity index is 516. The summed E-state index contributed by atoms with van der Waals surface area (Å²) in [4.78, 5) is 3.24. The van der Waals surface area contributed by atoms with E-state index in [1.165, 1.54) is 10.9 Å². The molecule has 2 nitrogen and oxygen atoms in total. The minimum atomic E-state index is 0.449. The highest BCUT2D eigenvalue weighted by Gasteiger charge is 2.05. The van der Waals surface area contributed by atoms with E-state index in [-0.39, 0.29) is 0 Å². The highest BCUT2D eigenvalue weighted by atomic mass is 35.5. The van der Waals surface area contributed by atoms with Crippen molar-refractivity contribution in [3.8, 4) is 0 Å². The molecule has 17 heavy (non-hydrogen) atoms. The summed E-state index contributed by atoms with van der Waals surface area (Å²) in [5.41, 5.74) is 2.36. The topological polar surface area (TPSA) is 27.8 Å². The number of halogens is 1. The summed E-state index contributed by atoms with van der Waals surface area (Å²) in [6, 6.07) is 6.38. The fourth-order valence-corrected chi connectivity index (χ4v) is 2.09. The SMILES string of the molecule is C=CCC(C)NCc1c[nH]c2cc(Cl)ccc12. The Morgan fingerprint density at radius 1 is 1.53 bits per heavy atom. The van der Waals surface area contributed by atoms with Crippen LogP contribution in [0.5, 0.6) is 0 Å². The lowest BCUT2D eigenvalue weighted by molar-refractivity contribution is 0.555. The van der Waals surface area contributed by atoms with Crippen molar-refractivity contribution >= 4 is 22.5 Å². The second kappa shape index (κ2) is 5.39. The summed E-state index contributed by atoms with van der Waals surface area (Å²) in [5.74, 6) is 0. The third-order valence-corrected chi connectivity index (χ3v) is 3.13. The first kappa shape index (κ1) is 12.2. The molecule has 0 aliphatic rings. The van der Waals surface area contributed by atoms with Crippen LogP contribution < -0.4 is 5.32 Å². The summed E-state index contributed by atoms with van der Waals surface area (Å²) in [6.07, 6.45) is 4.95. The highest BCUT2D eigenvalue weighted by Crippen LogP contribution is 2.21. The van der Waals surface area contributed by atoms with Gasteiger partial charge in [-0.15, -0.1) is 6.58 Å². The normalized spacial score (nSPS) is 12.8. The smallest absolute Gasteiger partial charge is 0.0472 e. The summed E-state index contributed by atoms with van der Waals surface area (Å²) >= 11 is 5.95. The standard InChI is InChI=1S/C14H17ClN2/c1-3-4-10(2)16-8-11-9-17-14-7-12(15)5-6-13(11)14/h3,5-7,9-10,16-17H,1,4,8H2,2H3. The molecule has 1 atom stereocenters. The third kappa shape index (κ3) is 2.90. The predicted octanol–water partition coefficient (Wildman–Crippen LogP) is 3.88. The molecule has 1 aromatic carbocycles. The number of fused-ring (bicyclic) bond motifs is 1. The zero-order valence-corrected chi connectivity index (χ0v) is 10.7. The Balaban J connectivity index is 2.11. The van der Waals surface area contributed by atoms with Crippen molar-refractivity contribution in [2.45, 2.75) is 25.9 Å². The number of hydrogen-bond donors (Lipinski definition) is 2. The molecule has 0 bridgehead atoms. The van der Waals surface area contributed by atoms with Crippen molar-refractivity contribution in [2.75, 3.05) is 0 Å². The first-order valence-corrected chi connectivity index (χ1v) is 6.18. The molecule has 0 aliphatic heterocycles. The van der Waals surface area contributed by atoms with Crippen LogP contribution in [0.1, 0.15) is 18.9 Å². The van der Waals surface area contributed by atoms with E-state index in [1.807, 2.05) is 24.4 Å². The van der Waals surface area contributed by atoms with Gasteiger partial charge in [0.15, 0.2) is 0 Å². The van der Waals surface area contributed by atoms with Gasteiger partial charge in [-0.3, -0.25) is 0 Å². The fraction of sp³-hybridized carbons (Fsp3) is 0.286. The molecule has 2 N–H and O–H groups in total. The van der Waals surface area contributed by atoms with Crippen LogP contribution in [-0.4, -0.2) is 11.0 Å². The Hall–Kier alpha value is -1.25. The fourth-order valence-electron chi connectivity index (χ4n) is 1.92. The number of aromatic nitrogens is 1. The quantitative estimate of drug-likeness (QED) is 0.773. The van der Waals surface area contributed by atoms with Crippen molar-refractivity contribution in [2.24, 2.45) is 0 Å². The maximum atomic E-state index is 5.95. The van der Waals surface area contributed by atoms with Crippen LogP contribution in [0.3, 0.4) is 0 Å². The number of hydrogen-bond acceptors (Lipinski definition) is 1. The number of H-pyrrole nitrogens is 1. The van der Waals surface area contributed by atoms with E-state index in [0.717, 1.165) is 23.5 Å². The highest BCUT2D eigenvalue weighted by molar-refractivity contribution is 6.31. The first-order valence-electron chi connectivity index (χ1n) is 5.80. The van der Waals surface area contributed by atoms with E-state index in [0.29, 0.717) is 6.04 Å². The Labute approximate surface area is 107 Å². The number of rotatable bonds is 5. The van der Waals surface area contributed by atoms with Crippen molar-refractivity contribution in [3.63, 3.8) is 0 Å². The molecule has 3 heteroatoms. The second-order valence-corrected chi connectivity index (χ2v) is 4.75. The predicted molar refractivity (Wildman–Crippen MR) is 74.4 cm³/mol. The van der Waals surface area contributed by atoms with Crippen molar-refractivity contribution < 1.29 is 0 Å². The summed E-state index contributed by atoms with van der Waals surface area (Å²) in [6.45, 7) is 6.76. The largest absolute Gasteiger partial charge is 0.361 e. The van der Waals surface area contributed by atoms with Gasteiger partial charge < -0.3 is 10.3 Å². The van der Waals surface area contributed by atoms with E-state index in [2.05, 4.69) is 29.9 Å². The van der Waals surface area contributed by atoms with Crippen LogP contribution in [0.4, 0.5) is 0 Å². The van der Waals surface area contributed by atoms with Crippen LogP contribution in [0.25, 0.3) is 10.9 Å². The van der Waals surface area contributed by atoms with Crippen molar-refractivity contribution in [1.82, 2.24) is 10.3 Å². The maximum absolute atomic E-state index is 5.95. The van der Waals surface area contributed by atoms with Crippen molar-refractivity contribution in [1.29, 1.82) is 0 Å². The third-order valence-electron chi connectivity index (χ3n) is 2.89. The molecule has 2 rings (SSSR count). The molecule has 0 fully saturated rings. The summed E-state index contributed by atoms with van der Waals surface area (Å²) in [7, 11) is 0. The van der Waals surface area contributed by atoms with E-state index in [9.17, 15) is 0 Å². The van der Waals surface area contributed by atoms with E-state index in [4.69, 9.17) is 11.6 Å². The van der Waals surface area contributed by atoms with E-state index >= 15 is 0 Å². The molecule has 0 spiro atoms. The molecule has 0 amide bonds. The van der Waals surface area contributed by atoms with Gasteiger partial charge in [0.2, 0.25) is 0 Å². The Kier molecular flexibility index (Phi) is 3.87. The van der Waals surface area contributed by atoms with Crippen LogP contribution in [0.15, 0.2) is 37.1 Å². The van der Waals surface area contributed by atoms with Gasteiger partial charge in [0, 0.05) is 34.7 Å². The van der Waals surface area contributed by atoms with Gasteiger partial charge in [0.25, 0.3) is 0 Å². The number of nitrogens with one attached hydrogen (secondary N) is 2. The number of benzene rings is 1. The van der Waals surface area contributed by atoms with Crippen LogP contribution in [-0.2, 0) is 6.54 Å². The van der Waals surface area contributed by atoms with Crippen LogP contribution in [0, 0.1) is 0 Å². The van der Waals surface area contributed by atoms with Gasteiger partial charge in [-0.2, -0.15) is 0 Å². The molecule has 2 aromatic rings. The van der Waals surface area contributed by atoms with Gasteiger partial charge >= 0.3 is 0 Å². The first-order chi connectivity index (χ1) is 8.20. The lowest BCUT2D eigenvalue weighted by Crippen LogP contribution is -2.24. The lowest BCUT2D eigenvalue weighted by Gasteiger charge is -2.10. The average Bonchev–Trinajstić information content (AvgIpc) is 2.69. The minimum absolute atomic E-state index is 0.449. The van der Waals surface area contributed by atoms with Crippen molar-refractivity contribution in [3.05, 3.63) is 47.6 Å². The summed E-state index contributed by atoms with van der Waals surface area (Å²) < 4.78 is 0. The molecular formula is C14H17ClN2. The number of aromatic amines is 1. The van der Waals surface area contributed by atoms with Gasteiger partial charge in [0.1, 0.15) is 0 Å². The molecule has 1 heterocycles. The van der Waals surface area contributed by atoms with Crippen LogP contribution in [0.2, 0.25) is 5.02 Å². The second-order valence-electron chi connectivity index (χ2n) is 4.31. The minimum Gasteiger partial charge on any atom is -0.361 e. The monoisotopic (exact) mass is 248 g/mol. The zero-order valence-electron chi connectivity index (χ0n) is 9.96. The molecule has 0 saturated carbocycles. The maximum Gasteiger partial charge on any atom is 0.0472 e. The molecule has 0 aliphatic carbocycles. The lowest BCUT2D eigenvalue weighted by atomic mass is 10.1. The Morgan fingerprint density at radius 3 is 3.12 bits per heavy atom. The van der Waals surface area contributed by atoms with Gasteiger partial charge in [-0.1, -0.05) is 23.7 Å². The van der Waals surface area contributed by atoms with Crippen LogP contribution >= 0.6 is 11.6 Å². The Morgan fingerprint density at radius 2 is 2.35 bits per heavy atom. The molecule has 90 valence electrons. The zero-order chi connectivity index (χ0) is 12.3. The molecule has 0 radical (unpaired) electrons.